The second kappa shape index (κ2) is 8.81. The Kier molecular flexibility index (Phi) is 6.74. The van der Waals surface area contributed by atoms with Crippen LogP contribution in [-0.4, -0.2) is 19.1 Å². The molecule has 2 aromatic rings. The Hall–Kier alpha value is -1.52. The zero-order valence-corrected chi connectivity index (χ0v) is 14.5. The Morgan fingerprint density at radius 3 is 2.27 bits per heavy atom. The van der Waals surface area contributed by atoms with Crippen LogP contribution in [0.1, 0.15) is 11.1 Å². The first-order valence-electron chi connectivity index (χ1n) is 7.15. The van der Waals surface area contributed by atoms with E-state index in [4.69, 9.17) is 11.6 Å². The van der Waals surface area contributed by atoms with Crippen molar-refractivity contribution in [2.45, 2.75) is 12.8 Å². The highest BCUT2D eigenvalue weighted by Crippen LogP contribution is 2.14. The molecular formula is C17H18BrClN2O. The molecule has 0 aliphatic carbocycles. The number of hydrogen-bond acceptors (Lipinski definition) is 1. The average Bonchev–Trinajstić information content (AvgIpc) is 2.51. The summed E-state index contributed by atoms with van der Waals surface area (Å²) in [5, 5.41) is 6.43. The van der Waals surface area contributed by atoms with E-state index in [-0.39, 0.29) is 6.03 Å². The number of benzene rings is 2. The number of hydrogen-bond donors (Lipinski definition) is 2. The highest BCUT2D eigenvalue weighted by Gasteiger charge is 2.02. The lowest BCUT2D eigenvalue weighted by Gasteiger charge is -2.08. The lowest BCUT2D eigenvalue weighted by Crippen LogP contribution is -2.37. The molecule has 3 nitrogen and oxygen atoms in total. The number of carbonyl (C=O) groups is 1. The summed E-state index contributed by atoms with van der Waals surface area (Å²) in [7, 11) is 0. The third-order valence-corrected chi connectivity index (χ3v) is 4.15. The molecule has 2 aromatic carbocycles. The lowest BCUT2D eigenvalue weighted by atomic mass is 10.1. The monoisotopic (exact) mass is 380 g/mol. The van der Waals surface area contributed by atoms with Crippen molar-refractivity contribution in [3.63, 3.8) is 0 Å². The van der Waals surface area contributed by atoms with Gasteiger partial charge in [0, 0.05) is 22.6 Å². The molecule has 0 atom stereocenters. The maximum absolute atomic E-state index is 11.7. The molecule has 0 aromatic heterocycles. The fourth-order valence-electron chi connectivity index (χ4n) is 2.05. The van der Waals surface area contributed by atoms with Crippen LogP contribution in [0.25, 0.3) is 0 Å². The Labute approximate surface area is 144 Å². The Morgan fingerprint density at radius 1 is 0.955 bits per heavy atom. The van der Waals surface area contributed by atoms with E-state index >= 15 is 0 Å². The molecule has 0 heterocycles. The number of rotatable bonds is 6. The number of halogens is 2. The molecule has 2 rings (SSSR count). The van der Waals surface area contributed by atoms with Gasteiger partial charge in [-0.15, -0.1) is 0 Å². The van der Waals surface area contributed by atoms with Crippen LogP contribution in [0, 0.1) is 0 Å². The predicted octanol–water partition coefficient (Wildman–Crippen LogP) is 4.19. The van der Waals surface area contributed by atoms with Crippen molar-refractivity contribution >= 4 is 33.6 Å². The fourth-order valence-corrected chi connectivity index (χ4v) is 2.54. The SMILES string of the molecule is O=C(NCCc1ccc(Br)cc1)NCCc1ccccc1Cl. The normalized spacial score (nSPS) is 10.3. The van der Waals surface area contributed by atoms with Gasteiger partial charge in [0.2, 0.25) is 0 Å². The van der Waals surface area contributed by atoms with Crippen molar-refractivity contribution < 1.29 is 4.79 Å². The second-order valence-corrected chi connectivity index (χ2v) is 6.22. The van der Waals surface area contributed by atoms with Crippen LogP contribution in [0.5, 0.6) is 0 Å². The smallest absolute Gasteiger partial charge is 0.314 e. The maximum atomic E-state index is 11.7. The predicted molar refractivity (Wildman–Crippen MR) is 94.4 cm³/mol. The standard InChI is InChI=1S/C17H18BrClN2O/c18-15-7-5-13(6-8-15)9-11-20-17(22)21-12-10-14-3-1-2-4-16(14)19/h1-8H,9-12H2,(H2,20,21,22). The van der Waals surface area contributed by atoms with Crippen LogP contribution in [0.3, 0.4) is 0 Å². The Bertz CT molecular complexity index is 616. The molecule has 2 amide bonds. The van der Waals surface area contributed by atoms with Crippen molar-refractivity contribution in [1.82, 2.24) is 10.6 Å². The molecular weight excluding hydrogens is 364 g/mol. The zero-order valence-electron chi connectivity index (χ0n) is 12.1. The molecule has 0 bridgehead atoms. The summed E-state index contributed by atoms with van der Waals surface area (Å²) < 4.78 is 1.06. The van der Waals surface area contributed by atoms with E-state index < -0.39 is 0 Å². The van der Waals surface area contributed by atoms with Gasteiger partial charge in [0.15, 0.2) is 0 Å². The van der Waals surface area contributed by atoms with Crippen molar-refractivity contribution in [3.05, 3.63) is 69.2 Å². The molecule has 0 aliphatic rings. The van der Waals surface area contributed by atoms with Gasteiger partial charge in [0.05, 0.1) is 0 Å². The largest absolute Gasteiger partial charge is 0.338 e. The first kappa shape index (κ1) is 16.8. The highest BCUT2D eigenvalue weighted by atomic mass is 79.9. The molecule has 0 fully saturated rings. The van der Waals surface area contributed by atoms with E-state index in [1.54, 1.807) is 0 Å². The average molecular weight is 382 g/mol. The number of nitrogens with one attached hydrogen (secondary N) is 2. The third-order valence-electron chi connectivity index (χ3n) is 3.25. The minimum Gasteiger partial charge on any atom is -0.338 e. The van der Waals surface area contributed by atoms with Crippen molar-refractivity contribution in [1.29, 1.82) is 0 Å². The molecule has 0 unspecified atom stereocenters. The van der Waals surface area contributed by atoms with Crippen LogP contribution in [0.15, 0.2) is 53.0 Å². The van der Waals surface area contributed by atoms with Gasteiger partial charge in [-0.1, -0.05) is 57.9 Å². The summed E-state index contributed by atoms with van der Waals surface area (Å²) in [6.07, 6.45) is 1.53. The maximum Gasteiger partial charge on any atom is 0.314 e. The number of carbonyl (C=O) groups excluding carboxylic acids is 1. The van der Waals surface area contributed by atoms with Crippen LogP contribution in [0.2, 0.25) is 5.02 Å². The van der Waals surface area contributed by atoms with Gasteiger partial charge in [-0.25, -0.2) is 4.79 Å². The Balaban J connectivity index is 1.64. The van der Waals surface area contributed by atoms with Crippen molar-refractivity contribution in [3.8, 4) is 0 Å². The van der Waals surface area contributed by atoms with Crippen LogP contribution >= 0.6 is 27.5 Å². The summed E-state index contributed by atoms with van der Waals surface area (Å²) in [4.78, 5) is 11.7. The van der Waals surface area contributed by atoms with Gasteiger partial charge in [0.1, 0.15) is 0 Å². The second-order valence-electron chi connectivity index (χ2n) is 4.90. The summed E-state index contributed by atoms with van der Waals surface area (Å²) in [6, 6.07) is 15.6. The van der Waals surface area contributed by atoms with E-state index in [1.165, 1.54) is 5.56 Å². The molecule has 5 heteroatoms. The topological polar surface area (TPSA) is 41.1 Å². The summed E-state index contributed by atoms with van der Waals surface area (Å²) in [5.41, 5.74) is 2.24. The minimum atomic E-state index is -0.149. The van der Waals surface area contributed by atoms with E-state index in [1.807, 2.05) is 48.5 Å². The molecule has 0 saturated carbocycles. The van der Waals surface area contributed by atoms with E-state index in [0.717, 1.165) is 27.9 Å². The molecule has 0 spiro atoms. The molecule has 2 N–H and O–H groups in total. The van der Waals surface area contributed by atoms with Crippen LogP contribution in [0.4, 0.5) is 4.79 Å². The van der Waals surface area contributed by atoms with Gasteiger partial charge in [0.25, 0.3) is 0 Å². The summed E-state index contributed by atoms with van der Waals surface area (Å²) in [6.45, 7) is 1.17. The zero-order chi connectivity index (χ0) is 15.8. The van der Waals surface area contributed by atoms with Crippen molar-refractivity contribution in [2.75, 3.05) is 13.1 Å². The molecule has 116 valence electrons. The first-order chi connectivity index (χ1) is 10.6. The van der Waals surface area contributed by atoms with Crippen molar-refractivity contribution in [2.24, 2.45) is 0 Å². The van der Waals surface area contributed by atoms with Gasteiger partial charge in [-0.3, -0.25) is 0 Å². The van der Waals surface area contributed by atoms with E-state index in [0.29, 0.717) is 13.1 Å². The fraction of sp³-hybridized carbons (Fsp3) is 0.235. The lowest BCUT2D eigenvalue weighted by molar-refractivity contribution is 0.241. The number of amides is 2. The third kappa shape index (κ3) is 5.70. The van der Waals surface area contributed by atoms with Crippen LogP contribution in [-0.2, 0) is 12.8 Å². The first-order valence-corrected chi connectivity index (χ1v) is 8.32. The van der Waals surface area contributed by atoms with Gasteiger partial charge >= 0.3 is 6.03 Å². The highest BCUT2D eigenvalue weighted by molar-refractivity contribution is 9.10. The molecule has 22 heavy (non-hydrogen) atoms. The molecule has 0 aliphatic heterocycles. The van der Waals surface area contributed by atoms with E-state index in [9.17, 15) is 4.79 Å². The minimum absolute atomic E-state index is 0.149. The Morgan fingerprint density at radius 2 is 1.59 bits per heavy atom. The summed E-state index contributed by atoms with van der Waals surface area (Å²) in [5.74, 6) is 0. The van der Waals surface area contributed by atoms with Gasteiger partial charge in [-0.2, -0.15) is 0 Å². The molecule has 0 radical (unpaired) electrons. The quantitative estimate of drug-likeness (QED) is 0.774. The van der Waals surface area contributed by atoms with Crippen LogP contribution < -0.4 is 10.6 Å². The van der Waals surface area contributed by atoms with E-state index in [2.05, 4.69) is 26.6 Å². The van der Waals surface area contributed by atoms with Gasteiger partial charge in [-0.05, 0) is 42.2 Å². The summed E-state index contributed by atoms with van der Waals surface area (Å²) >= 11 is 9.47. The molecule has 0 saturated heterocycles. The number of urea groups is 1. The van der Waals surface area contributed by atoms with Gasteiger partial charge < -0.3 is 10.6 Å².